The predicted octanol–water partition coefficient (Wildman–Crippen LogP) is 1.90. The van der Waals surface area contributed by atoms with Crippen LogP contribution in [0.25, 0.3) is 0 Å². The fourth-order valence-corrected chi connectivity index (χ4v) is 1.55. The third-order valence-electron chi connectivity index (χ3n) is 2.16. The van der Waals surface area contributed by atoms with Gasteiger partial charge in [-0.15, -0.1) is 0 Å². The first kappa shape index (κ1) is 7.77. The molecule has 2 nitrogen and oxygen atoms in total. The molecule has 0 fully saturated rings. The van der Waals surface area contributed by atoms with Crippen LogP contribution in [0, 0.1) is 0 Å². The van der Waals surface area contributed by atoms with Crippen LogP contribution < -0.4 is 0 Å². The molecule has 2 rings (SSSR count). The van der Waals surface area contributed by atoms with E-state index in [-0.39, 0.29) is 6.29 Å². The van der Waals surface area contributed by atoms with E-state index in [4.69, 9.17) is 9.47 Å². The molecule has 2 heteroatoms. The molecule has 0 spiro atoms. The SMILES string of the molecule is COC1OCCc2ccccc21. The van der Waals surface area contributed by atoms with Crippen molar-refractivity contribution in [1.29, 1.82) is 0 Å². The van der Waals surface area contributed by atoms with Crippen LogP contribution in [0.2, 0.25) is 0 Å². The van der Waals surface area contributed by atoms with E-state index in [0.717, 1.165) is 13.0 Å². The molecule has 0 bridgehead atoms. The summed E-state index contributed by atoms with van der Waals surface area (Å²) in [7, 11) is 1.67. The highest BCUT2D eigenvalue weighted by molar-refractivity contribution is 5.29. The zero-order valence-electron chi connectivity index (χ0n) is 7.12. The Hall–Kier alpha value is -0.860. The van der Waals surface area contributed by atoms with E-state index in [1.165, 1.54) is 11.1 Å². The average molecular weight is 164 g/mol. The van der Waals surface area contributed by atoms with E-state index in [0.29, 0.717) is 0 Å². The molecule has 1 aliphatic rings. The van der Waals surface area contributed by atoms with Crippen molar-refractivity contribution < 1.29 is 9.47 Å². The third kappa shape index (κ3) is 1.24. The summed E-state index contributed by atoms with van der Waals surface area (Å²) < 4.78 is 10.6. The lowest BCUT2D eigenvalue weighted by Gasteiger charge is -2.24. The van der Waals surface area contributed by atoms with Crippen LogP contribution >= 0.6 is 0 Å². The summed E-state index contributed by atoms with van der Waals surface area (Å²) in [5.74, 6) is 0. The molecule has 64 valence electrons. The summed E-state index contributed by atoms with van der Waals surface area (Å²) in [4.78, 5) is 0. The minimum atomic E-state index is -0.157. The van der Waals surface area contributed by atoms with E-state index >= 15 is 0 Å². The summed E-state index contributed by atoms with van der Waals surface area (Å²) in [6, 6.07) is 8.25. The predicted molar refractivity (Wildman–Crippen MR) is 45.8 cm³/mol. The fourth-order valence-electron chi connectivity index (χ4n) is 1.55. The van der Waals surface area contributed by atoms with Crippen LogP contribution in [0.1, 0.15) is 17.4 Å². The van der Waals surface area contributed by atoms with Gasteiger partial charge in [0.05, 0.1) is 6.61 Å². The molecule has 0 saturated heterocycles. The van der Waals surface area contributed by atoms with Crippen molar-refractivity contribution in [3.8, 4) is 0 Å². The van der Waals surface area contributed by atoms with Crippen molar-refractivity contribution in [2.45, 2.75) is 12.7 Å². The smallest absolute Gasteiger partial charge is 0.183 e. The molecule has 0 aliphatic carbocycles. The highest BCUT2D eigenvalue weighted by atomic mass is 16.7. The van der Waals surface area contributed by atoms with Crippen LogP contribution in [0.5, 0.6) is 0 Å². The largest absolute Gasteiger partial charge is 0.352 e. The molecular formula is C10H12O2. The van der Waals surface area contributed by atoms with Gasteiger partial charge in [-0.25, -0.2) is 0 Å². The van der Waals surface area contributed by atoms with Crippen LogP contribution in [0.15, 0.2) is 24.3 Å². The number of fused-ring (bicyclic) bond motifs is 1. The number of ether oxygens (including phenoxy) is 2. The Labute approximate surface area is 72.1 Å². The van der Waals surface area contributed by atoms with Crippen LogP contribution in [-0.2, 0) is 15.9 Å². The molecule has 0 saturated carbocycles. The molecule has 1 unspecified atom stereocenters. The zero-order valence-corrected chi connectivity index (χ0v) is 7.12. The fraction of sp³-hybridized carbons (Fsp3) is 0.400. The van der Waals surface area contributed by atoms with Crippen molar-refractivity contribution in [2.75, 3.05) is 13.7 Å². The topological polar surface area (TPSA) is 18.5 Å². The Morgan fingerprint density at radius 3 is 3.08 bits per heavy atom. The summed E-state index contributed by atoms with van der Waals surface area (Å²) in [5.41, 5.74) is 2.52. The Morgan fingerprint density at radius 1 is 1.42 bits per heavy atom. The molecule has 0 N–H and O–H groups in total. The Bertz CT molecular complexity index is 270. The van der Waals surface area contributed by atoms with Crippen molar-refractivity contribution in [3.05, 3.63) is 35.4 Å². The lowest BCUT2D eigenvalue weighted by molar-refractivity contribution is -0.134. The first-order valence-electron chi connectivity index (χ1n) is 4.14. The molecule has 0 amide bonds. The minimum absolute atomic E-state index is 0.157. The van der Waals surface area contributed by atoms with Gasteiger partial charge >= 0.3 is 0 Å². The molecule has 1 aliphatic heterocycles. The van der Waals surface area contributed by atoms with Gasteiger partial charge in [0.1, 0.15) is 0 Å². The average Bonchev–Trinajstić information content (AvgIpc) is 2.17. The number of methoxy groups -OCH3 is 1. The van der Waals surface area contributed by atoms with Crippen molar-refractivity contribution in [2.24, 2.45) is 0 Å². The van der Waals surface area contributed by atoms with Gasteiger partial charge in [-0.1, -0.05) is 24.3 Å². The van der Waals surface area contributed by atoms with Gasteiger partial charge in [0.15, 0.2) is 6.29 Å². The summed E-state index contributed by atoms with van der Waals surface area (Å²) in [6.45, 7) is 0.759. The van der Waals surface area contributed by atoms with E-state index in [9.17, 15) is 0 Å². The lowest BCUT2D eigenvalue weighted by atomic mass is 10.0. The first-order chi connectivity index (χ1) is 5.92. The summed E-state index contributed by atoms with van der Waals surface area (Å²) in [6.07, 6.45) is 0.839. The van der Waals surface area contributed by atoms with Crippen LogP contribution in [0.3, 0.4) is 0 Å². The van der Waals surface area contributed by atoms with Gasteiger partial charge in [0, 0.05) is 12.7 Å². The van der Waals surface area contributed by atoms with Crippen molar-refractivity contribution in [3.63, 3.8) is 0 Å². The van der Waals surface area contributed by atoms with Gasteiger partial charge in [-0.2, -0.15) is 0 Å². The maximum Gasteiger partial charge on any atom is 0.183 e. The van der Waals surface area contributed by atoms with Crippen molar-refractivity contribution in [1.82, 2.24) is 0 Å². The second-order valence-electron chi connectivity index (χ2n) is 2.89. The van der Waals surface area contributed by atoms with Gasteiger partial charge in [0.2, 0.25) is 0 Å². The summed E-state index contributed by atoms with van der Waals surface area (Å²) in [5, 5.41) is 0. The maximum absolute atomic E-state index is 5.43. The van der Waals surface area contributed by atoms with E-state index in [2.05, 4.69) is 18.2 Å². The van der Waals surface area contributed by atoms with Gasteiger partial charge in [-0.05, 0) is 12.0 Å². The van der Waals surface area contributed by atoms with Gasteiger partial charge in [-0.3, -0.25) is 0 Å². The second-order valence-corrected chi connectivity index (χ2v) is 2.89. The number of hydrogen-bond acceptors (Lipinski definition) is 2. The Balaban J connectivity index is 2.37. The number of benzene rings is 1. The number of hydrogen-bond donors (Lipinski definition) is 0. The standard InChI is InChI=1S/C10H12O2/c1-11-10-9-5-3-2-4-8(9)6-7-12-10/h2-5,10H,6-7H2,1H3. The molecule has 0 aromatic heterocycles. The van der Waals surface area contributed by atoms with Gasteiger partial charge < -0.3 is 9.47 Å². The molecule has 1 atom stereocenters. The van der Waals surface area contributed by atoms with Crippen molar-refractivity contribution >= 4 is 0 Å². The Kier molecular flexibility index (Phi) is 2.11. The van der Waals surface area contributed by atoms with E-state index in [1.807, 2.05) is 6.07 Å². The molecule has 1 heterocycles. The van der Waals surface area contributed by atoms with E-state index in [1.54, 1.807) is 7.11 Å². The maximum atomic E-state index is 5.43. The van der Waals surface area contributed by atoms with Crippen LogP contribution in [0.4, 0.5) is 0 Å². The molecular weight excluding hydrogens is 152 g/mol. The van der Waals surface area contributed by atoms with Crippen LogP contribution in [-0.4, -0.2) is 13.7 Å². The molecule has 1 aromatic rings. The lowest BCUT2D eigenvalue weighted by Crippen LogP contribution is -2.17. The normalized spacial score (nSPS) is 21.9. The summed E-state index contributed by atoms with van der Waals surface area (Å²) >= 11 is 0. The molecule has 1 aromatic carbocycles. The quantitative estimate of drug-likeness (QED) is 0.631. The minimum Gasteiger partial charge on any atom is -0.352 e. The number of rotatable bonds is 1. The Morgan fingerprint density at radius 2 is 2.25 bits per heavy atom. The van der Waals surface area contributed by atoms with Gasteiger partial charge in [0.25, 0.3) is 0 Å². The van der Waals surface area contributed by atoms with E-state index < -0.39 is 0 Å². The third-order valence-corrected chi connectivity index (χ3v) is 2.16. The molecule has 0 radical (unpaired) electrons. The first-order valence-corrected chi connectivity index (χ1v) is 4.14. The molecule has 12 heavy (non-hydrogen) atoms. The second kappa shape index (κ2) is 3.25. The highest BCUT2D eigenvalue weighted by Crippen LogP contribution is 2.26. The zero-order chi connectivity index (χ0) is 8.39. The highest BCUT2D eigenvalue weighted by Gasteiger charge is 2.18. The monoisotopic (exact) mass is 164 g/mol.